The minimum atomic E-state index is -4.79. The molecular formula is C15H12F3N3O2S. The van der Waals surface area contributed by atoms with Gasteiger partial charge in [0.15, 0.2) is 0 Å². The van der Waals surface area contributed by atoms with Crippen molar-refractivity contribution in [1.29, 1.82) is 5.26 Å². The highest BCUT2D eigenvalue weighted by Crippen LogP contribution is 2.31. The summed E-state index contributed by atoms with van der Waals surface area (Å²) in [6.07, 6.45) is -3.68. The van der Waals surface area contributed by atoms with Gasteiger partial charge in [0.05, 0.1) is 5.56 Å². The molecule has 2 rings (SSSR count). The molecule has 2 aromatic heterocycles. The number of aryl methyl sites for hydroxylation is 1. The predicted octanol–water partition coefficient (Wildman–Crippen LogP) is 3.06. The van der Waals surface area contributed by atoms with E-state index in [9.17, 15) is 22.8 Å². The number of nitrogens with one attached hydrogen (secondary N) is 1. The fourth-order valence-electron chi connectivity index (χ4n) is 2.05. The predicted molar refractivity (Wildman–Crippen MR) is 82.8 cm³/mol. The average molecular weight is 355 g/mol. The molecule has 0 aliphatic heterocycles. The number of hydrogen-bond acceptors (Lipinski definition) is 4. The number of anilines is 1. The van der Waals surface area contributed by atoms with Crippen LogP contribution < -0.4 is 10.9 Å². The van der Waals surface area contributed by atoms with E-state index in [1.807, 2.05) is 6.07 Å². The van der Waals surface area contributed by atoms with Crippen LogP contribution in [0.1, 0.15) is 21.6 Å². The van der Waals surface area contributed by atoms with E-state index in [-0.39, 0.29) is 0 Å². The molecule has 0 fully saturated rings. The highest BCUT2D eigenvalue weighted by atomic mass is 32.1. The molecule has 0 bridgehead atoms. The van der Waals surface area contributed by atoms with Crippen LogP contribution in [-0.4, -0.2) is 10.5 Å². The number of aromatic nitrogens is 1. The van der Waals surface area contributed by atoms with Crippen LogP contribution in [0.15, 0.2) is 23.1 Å². The maximum atomic E-state index is 12.7. The Bertz CT molecular complexity index is 891. The summed E-state index contributed by atoms with van der Waals surface area (Å²) in [5.74, 6) is -0.686. The van der Waals surface area contributed by atoms with Crippen LogP contribution in [0, 0.1) is 25.2 Å². The number of nitrogens with zero attached hydrogens (tertiary/aromatic N) is 2. The maximum absolute atomic E-state index is 12.7. The lowest BCUT2D eigenvalue weighted by Crippen LogP contribution is -2.31. The summed E-state index contributed by atoms with van der Waals surface area (Å²) in [7, 11) is 0. The normalized spacial score (nSPS) is 11.2. The number of rotatable bonds is 3. The summed E-state index contributed by atoms with van der Waals surface area (Å²) in [6, 6.07) is 3.69. The molecule has 0 spiro atoms. The molecule has 0 saturated heterocycles. The third-order valence-electron chi connectivity index (χ3n) is 3.39. The number of carbonyl (C=O) groups excluding carboxylic acids is 1. The van der Waals surface area contributed by atoms with Gasteiger partial charge in [-0.1, -0.05) is 0 Å². The number of halogens is 3. The lowest BCUT2D eigenvalue weighted by molar-refractivity contribution is -0.139. The molecule has 0 saturated carbocycles. The maximum Gasteiger partial charge on any atom is 0.421 e. The number of hydrogen-bond donors (Lipinski definition) is 1. The van der Waals surface area contributed by atoms with E-state index in [0.29, 0.717) is 21.2 Å². The van der Waals surface area contributed by atoms with Gasteiger partial charge in [0.2, 0.25) is 5.91 Å². The molecule has 2 heterocycles. The molecule has 5 nitrogen and oxygen atoms in total. The molecule has 24 heavy (non-hydrogen) atoms. The Labute approximate surface area is 139 Å². The topological polar surface area (TPSA) is 74.9 Å². The molecule has 126 valence electrons. The second-order valence-electron chi connectivity index (χ2n) is 5.00. The molecular weight excluding hydrogens is 343 g/mol. The number of amides is 1. The van der Waals surface area contributed by atoms with Crippen molar-refractivity contribution in [2.75, 3.05) is 5.32 Å². The highest BCUT2D eigenvalue weighted by Gasteiger charge is 2.34. The molecule has 0 aromatic carbocycles. The van der Waals surface area contributed by atoms with Gasteiger partial charge in [-0.2, -0.15) is 18.4 Å². The van der Waals surface area contributed by atoms with Crippen LogP contribution in [0.4, 0.5) is 18.2 Å². The van der Waals surface area contributed by atoms with E-state index in [2.05, 4.69) is 5.32 Å². The van der Waals surface area contributed by atoms with Crippen molar-refractivity contribution in [2.45, 2.75) is 26.6 Å². The van der Waals surface area contributed by atoms with Crippen molar-refractivity contribution in [3.05, 3.63) is 50.3 Å². The second-order valence-corrected chi connectivity index (χ2v) is 6.22. The first-order valence-corrected chi connectivity index (χ1v) is 7.53. The van der Waals surface area contributed by atoms with Gasteiger partial charge in [-0.05, 0) is 31.5 Å². The summed E-state index contributed by atoms with van der Waals surface area (Å²) < 4.78 is 38.8. The Morgan fingerprint density at radius 2 is 2.08 bits per heavy atom. The Balaban J connectivity index is 2.25. The molecule has 2 aromatic rings. The largest absolute Gasteiger partial charge is 0.421 e. The summed E-state index contributed by atoms with van der Waals surface area (Å²) in [5, 5.41) is 11.9. The van der Waals surface area contributed by atoms with Gasteiger partial charge in [-0.15, -0.1) is 11.3 Å². The Morgan fingerprint density at radius 3 is 2.67 bits per heavy atom. The zero-order chi connectivity index (χ0) is 18.1. The van der Waals surface area contributed by atoms with Gasteiger partial charge in [-0.25, -0.2) is 0 Å². The number of carbonyl (C=O) groups is 1. The van der Waals surface area contributed by atoms with E-state index in [1.165, 1.54) is 11.3 Å². The molecule has 9 heteroatoms. The SMILES string of the molecule is Cc1sc(NC(=O)Cn2cccc(C(F)(F)F)c2=O)c(C#N)c1C. The van der Waals surface area contributed by atoms with Crippen molar-refractivity contribution in [3.63, 3.8) is 0 Å². The van der Waals surface area contributed by atoms with Crippen LogP contribution in [0.3, 0.4) is 0 Å². The zero-order valence-electron chi connectivity index (χ0n) is 12.7. The van der Waals surface area contributed by atoms with Gasteiger partial charge < -0.3 is 9.88 Å². The van der Waals surface area contributed by atoms with E-state index >= 15 is 0 Å². The van der Waals surface area contributed by atoms with Crippen LogP contribution in [0.25, 0.3) is 0 Å². The molecule has 1 N–H and O–H groups in total. The standard InChI is InChI=1S/C15H12F3N3O2S/c1-8-9(2)24-13(10(8)6-19)20-12(22)7-21-5-3-4-11(14(21)23)15(16,17)18/h3-5H,7H2,1-2H3,(H,20,22). The first-order chi connectivity index (χ1) is 11.1. The van der Waals surface area contributed by atoms with E-state index in [4.69, 9.17) is 5.26 Å². The summed E-state index contributed by atoms with van der Waals surface area (Å²) in [4.78, 5) is 24.7. The van der Waals surface area contributed by atoms with E-state index < -0.39 is 29.8 Å². The molecule has 0 unspecified atom stereocenters. The first kappa shape index (κ1) is 17.7. The molecule has 0 aliphatic carbocycles. The first-order valence-electron chi connectivity index (χ1n) is 6.71. The summed E-state index contributed by atoms with van der Waals surface area (Å²) in [6.45, 7) is 2.94. The molecule has 1 amide bonds. The zero-order valence-corrected chi connectivity index (χ0v) is 13.5. The van der Waals surface area contributed by atoms with Gasteiger partial charge in [-0.3, -0.25) is 9.59 Å². The van der Waals surface area contributed by atoms with Gasteiger partial charge in [0.25, 0.3) is 5.56 Å². The lowest BCUT2D eigenvalue weighted by Gasteiger charge is -2.10. The molecule has 0 aliphatic rings. The third-order valence-corrected chi connectivity index (χ3v) is 4.51. The van der Waals surface area contributed by atoms with Crippen molar-refractivity contribution >= 4 is 22.2 Å². The number of nitriles is 1. The Hall–Kier alpha value is -2.60. The minimum absolute atomic E-state index is 0.308. The highest BCUT2D eigenvalue weighted by molar-refractivity contribution is 7.16. The van der Waals surface area contributed by atoms with Gasteiger partial charge >= 0.3 is 6.18 Å². The van der Waals surface area contributed by atoms with Crippen LogP contribution in [0.5, 0.6) is 0 Å². The van der Waals surface area contributed by atoms with Crippen LogP contribution >= 0.6 is 11.3 Å². The molecule has 0 radical (unpaired) electrons. The van der Waals surface area contributed by atoms with Gasteiger partial charge in [0, 0.05) is 11.1 Å². The van der Waals surface area contributed by atoms with E-state index in [1.54, 1.807) is 13.8 Å². The number of alkyl halides is 3. The number of pyridine rings is 1. The summed E-state index contributed by atoms with van der Waals surface area (Å²) in [5.41, 5.74) is -1.59. The fraction of sp³-hybridized carbons (Fsp3) is 0.267. The quantitative estimate of drug-likeness (QED) is 0.919. The fourth-order valence-corrected chi connectivity index (χ4v) is 3.07. The van der Waals surface area contributed by atoms with Crippen LogP contribution in [-0.2, 0) is 17.5 Å². The third kappa shape index (κ3) is 3.49. The monoisotopic (exact) mass is 355 g/mol. The van der Waals surface area contributed by atoms with Crippen molar-refractivity contribution < 1.29 is 18.0 Å². The minimum Gasteiger partial charge on any atom is -0.315 e. The smallest absolute Gasteiger partial charge is 0.315 e. The number of thiophene rings is 1. The summed E-state index contributed by atoms with van der Waals surface area (Å²) >= 11 is 1.19. The van der Waals surface area contributed by atoms with Crippen LogP contribution in [0.2, 0.25) is 0 Å². The van der Waals surface area contributed by atoms with Gasteiger partial charge in [0.1, 0.15) is 23.2 Å². The average Bonchev–Trinajstić information content (AvgIpc) is 2.74. The van der Waals surface area contributed by atoms with Crippen molar-refractivity contribution in [2.24, 2.45) is 0 Å². The Kier molecular flexibility index (Phi) is 4.80. The molecule has 0 atom stereocenters. The van der Waals surface area contributed by atoms with Crippen molar-refractivity contribution in [1.82, 2.24) is 4.57 Å². The van der Waals surface area contributed by atoms with E-state index in [0.717, 1.165) is 22.7 Å². The lowest BCUT2D eigenvalue weighted by atomic mass is 10.2. The van der Waals surface area contributed by atoms with Crippen molar-refractivity contribution in [3.8, 4) is 6.07 Å². The second kappa shape index (κ2) is 6.49. The Morgan fingerprint density at radius 1 is 1.42 bits per heavy atom.